The van der Waals surface area contributed by atoms with E-state index in [0.29, 0.717) is 0 Å². The number of piperidine rings is 1. The fourth-order valence-corrected chi connectivity index (χ4v) is 6.51. The maximum absolute atomic E-state index is 6.67. The van der Waals surface area contributed by atoms with Crippen molar-refractivity contribution < 1.29 is 0 Å². The maximum Gasteiger partial charge on any atom is 0.196 e. The van der Waals surface area contributed by atoms with E-state index in [0.717, 1.165) is 59.2 Å². The molecule has 1 atom stereocenters. The van der Waals surface area contributed by atoms with Gasteiger partial charge in [0.2, 0.25) is 0 Å². The molecular weight excluding hydrogens is 412 g/mol. The number of para-hydroxylation sites is 1. The van der Waals surface area contributed by atoms with Gasteiger partial charge in [-0.25, -0.2) is 4.98 Å². The van der Waals surface area contributed by atoms with Gasteiger partial charge >= 0.3 is 0 Å². The third-order valence-electron chi connectivity index (χ3n) is 7.03. The van der Waals surface area contributed by atoms with Crippen LogP contribution in [-0.4, -0.2) is 28.7 Å². The molecule has 1 saturated heterocycles. The van der Waals surface area contributed by atoms with Gasteiger partial charge in [-0.15, -0.1) is 11.3 Å². The van der Waals surface area contributed by atoms with Crippen molar-refractivity contribution in [1.82, 2.24) is 9.55 Å². The standard InChI is InChI=1S/C24H23ClN4S/c25-19-7-3-5-16-8-11-29(22(16)19)23-27-21(15-30-23)28-12-9-24(10-13-28)18-6-2-1-4-17(18)14-20(24)26/h1-8,11,15,20H,9-10,12-14,26H2/t20-/m1/s1. The number of hydrogen-bond acceptors (Lipinski definition) is 4. The van der Waals surface area contributed by atoms with Crippen LogP contribution >= 0.6 is 22.9 Å². The monoisotopic (exact) mass is 434 g/mol. The van der Waals surface area contributed by atoms with Gasteiger partial charge in [-0.05, 0) is 42.5 Å². The second-order valence-electron chi connectivity index (χ2n) is 8.46. The molecule has 6 heteroatoms. The number of hydrogen-bond donors (Lipinski definition) is 1. The van der Waals surface area contributed by atoms with Crippen molar-refractivity contribution in [3.8, 4) is 5.13 Å². The minimum absolute atomic E-state index is 0.121. The molecule has 0 bridgehead atoms. The molecule has 6 rings (SSSR count). The van der Waals surface area contributed by atoms with Gasteiger partial charge in [-0.1, -0.05) is 48.0 Å². The van der Waals surface area contributed by atoms with Crippen molar-refractivity contribution in [3.05, 3.63) is 76.3 Å². The molecule has 3 heterocycles. The fraction of sp³-hybridized carbons (Fsp3) is 0.292. The molecule has 152 valence electrons. The zero-order chi connectivity index (χ0) is 20.3. The Labute approximate surface area is 184 Å². The summed E-state index contributed by atoms with van der Waals surface area (Å²) >= 11 is 8.13. The summed E-state index contributed by atoms with van der Waals surface area (Å²) in [5, 5.41) is 5.01. The molecule has 4 nitrogen and oxygen atoms in total. The van der Waals surface area contributed by atoms with E-state index in [1.165, 1.54) is 11.1 Å². The molecule has 2 N–H and O–H groups in total. The number of fused-ring (bicyclic) bond motifs is 3. The highest BCUT2D eigenvalue weighted by atomic mass is 35.5. The molecule has 0 amide bonds. The molecule has 2 aromatic carbocycles. The van der Waals surface area contributed by atoms with Crippen LogP contribution in [0.15, 0.2) is 60.1 Å². The molecule has 1 aliphatic heterocycles. The van der Waals surface area contributed by atoms with Gasteiger partial charge in [0, 0.05) is 41.5 Å². The number of benzene rings is 2. The van der Waals surface area contributed by atoms with Crippen LogP contribution in [0.1, 0.15) is 24.0 Å². The topological polar surface area (TPSA) is 47.1 Å². The van der Waals surface area contributed by atoms with E-state index >= 15 is 0 Å². The summed E-state index contributed by atoms with van der Waals surface area (Å²) in [6.07, 6.45) is 5.21. The molecule has 2 aromatic heterocycles. The van der Waals surface area contributed by atoms with Gasteiger partial charge in [0.25, 0.3) is 0 Å². The molecule has 0 saturated carbocycles. The summed E-state index contributed by atoms with van der Waals surface area (Å²) in [7, 11) is 0. The molecule has 1 spiro atoms. The van der Waals surface area contributed by atoms with Crippen molar-refractivity contribution in [2.24, 2.45) is 5.73 Å². The first-order chi connectivity index (χ1) is 14.7. The SMILES string of the molecule is N[C@@H]1Cc2ccccc2C12CCN(c1csc(-n3ccc4cccc(Cl)c43)n1)CC2. The number of nitrogens with zero attached hydrogens (tertiary/aromatic N) is 3. The number of anilines is 1. The smallest absolute Gasteiger partial charge is 0.196 e. The zero-order valence-electron chi connectivity index (χ0n) is 16.6. The van der Waals surface area contributed by atoms with Crippen LogP contribution in [0.5, 0.6) is 0 Å². The second kappa shape index (κ2) is 6.84. The first-order valence-corrected chi connectivity index (χ1v) is 11.7. The van der Waals surface area contributed by atoms with E-state index in [9.17, 15) is 0 Å². The zero-order valence-corrected chi connectivity index (χ0v) is 18.2. The summed E-state index contributed by atoms with van der Waals surface area (Å²) in [4.78, 5) is 7.37. The van der Waals surface area contributed by atoms with Crippen LogP contribution < -0.4 is 10.6 Å². The van der Waals surface area contributed by atoms with E-state index < -0.39 is 0 Å². The number of nitrogens with two attached hydrogens (primary N) is 1. The van der Waals surface area contributed by atoms with E-state index in [-0.39, 0.29) is 11.5 Å². The lowest BCUT2D eigenvalue weighted by Crippen LogP contribution is -2.50. The molecule has 1 aliphatic carbocycles. The second-order valence-corrected chi connectivity index (χ2v) is 9.71. The summed E-state index contributed by atoms with van der Waals surface area (Å²) in [6.45, 7) is 1.97. The molecule has 0 unspecified atom stereocenters. The molecule has 0 radical (unpaired) electrons. The number of halogens is 1. The first-order valence-electron chi connectivity index (χ1n) is 10.5. The van der Waals surface area contributed by atoms with Crippen LogP contribution in [0.3, 0.4) is 0 Å². The van der Waals surface area contributed by atoms with Crippen LogP contribution in [0.25, 0.3) is 16.0 Å². The Morgan fingerprint density at radius 1 is 1.07 bits per heavy atom. The fourth-order valence-electron chi connectivity index (χ4n) is 5.41. The van der Waals surface area contributed by atoms with E-state index in [2.05, 4.69) is 57.4 Å². The third-order valence-corrected chi connectivity index (χ3v) is 8.16. The number of rotatable bonds is 2. The highest BCUT2D eigenvalue weighted by molar-refractivity contribution is 7.12. The Kier molecular flexibility index (Phi) is 4.20. The molecular formula is C24H23ClN4S. The van der Waals surface area contributed by atoms with E-state index in [4.69, 9.17) is 22.3 Å². The predicted octanol–water partition coefficient (Wildman–Crippen LogP) is 5.16. The lowest BCUT2D eigenvalue weighted by atomic mass is 9.71. The Morgan fingerprint density at radius 3 is 2.77 bits per heavy atom. The van der Waals surface area contributed by atoms with Gasteiger partial charge in [0.1, 0.15) is 5.82 Å². The van der Waals surface area contributed by atoms with Crippen molar-refractivity contribution in [3.63, 3.8) is 0 Å². The minimum atomic E-state index is 0.121. The Hall–Kier alpha value is -2.34. The van der Waals surface area contributed by atoms with Crippen molar-refractivity contribution in [1.29, 1.82) is 0 Å². The van der Waals surface area contributed by atoms with Crippen molar-refractivity contribution in [2.45, 2.75) is 30.7 Å². The summed E-state index contributed by atoms with van der Waals surface area (Å²) < 4.78 is 2.10. The van der Waals surface area contributed by atoms with Crippen molar-refractivity contribution in [2.75, 3.05) is 18.0 Å². The highest BCUT2D eigenvalue weighted by Gasteiger charge is 2.46. The lowest BCUT2D eigenvalue weighted by Gasteiger charge is -2.43. The summed E-state index contributed by atoms with van der Waals surface area (Å²) in [5.74, 6) is 1.05. The number of aromatic nitrogens is 2. The molecule has 2 aliphatic rings. The molecule has 4 aromatic rings. The van der Waals surface area contributed by atoms with Gasteiger partial charge in [-0.2, -0.15) is 0 Å². The van der Waals surface area contributed by atoms with Gasteiger partial charge in [-0.3, -0.25) is 4.57 Å². The lowest BCUT2D eigenvalue weighted by molar-refractivity contribution is 0.292. The Bertz CT molecular complexity index is 1230. The number of thiazole rings is 1. The normalized spacial score (nSPS) is 20.2. The first kappa shape index (κ1) is 18.4. The van der Waals surface area contributed by atoms with Crippen LogP contribution in [0, 0.1) is 0 Å². The van der Waals surface area contributed by atoms with Crippen LogP contribution in [-0.2, 0) is 11.8 Å². The molecule has 1 fully saturated rings. The average molecular weight is 435 g/mol. The van der Waals surface area contributed by atoms with Crippen LogP contribution in [0.2, 0.25) is 5.02 Å². The van der Waals surface area contributed by atoms with Crippen molar-refractivity contribution >= 4 is 39.7 Å². The maximum atomic E-state index is 6.67. The Balaban J connectivity index is 1.27. The van der Waals surface area contributed by atoms with E-state index in [1.807, 2.05) is 12.1 Å². The van der Waals surface area contributed by atoms with Gasteiger partial charge in [0.15, 0.2) is 5.13 Å². The average Bonchev–Trinajstić information content (AvgIpc) is 3.47. The molecule has 30 heavy (non-hydrogen) atoms. The predicted molar refractivity (Wildman–Crippen MR) is 125 cm³/mol. The summed E-state index contributed by atoms with van der Waals surface area (Å²) in [6, 6.07) is 17.1. The van der Waals surface area contributed by atoms with Gasteiger partial charge in [0.05, 0.1) is 10.5 Å². The summed E-state index contributed by atoms with van der Waals surface area (Å²) in [5.41, 5.74) is 10.7. The van der Waals surface area contributed by atoms with Gasteiger partial charge < -0.3 is 10.6 Å². The third kappa shape index (κ3) is 2.66. The van der Waals surface area contributed by atoms with Crippen LogP contribution in [0.4, 0.5) is 5.82 Å². The largest absolute Gasteiger partial charge is 0.356 e. The minimum Gasteiger partial charge on any atom is -0.356 e. The highest BCUT2D eigenvalue weighted by Crippen LogP contribution is 2.46. The Morgan fingerprint density at radius 2 is 1.90 bits per heavy atom. The van der Waals surface area contributed by atoms with E-state index in [1.54, 1.807) is 11.3 Å². The quantitative estimate of drug-likeness (QED) is 0.474.